The van der Waals surface area contributed by atoms with E-state index in [1.165, 1.54) is 42.5 Å². The van der Waals surface area contributed by atoms with Gasteiger partial charge in [-0.2, -0.15) is 5.10 Å². The maximum Gasteiger partial charge on any atom is 0.264 e. The summed E-state index contributed by atoms with van der Waals surface area (Å²) in [7, 11) is -4.05. The number of hydrazone groups is 1. The summed E-state index contributed by atoms with van der Waals surface area (Å²) < 4.78 is 40.8. The molecular formula is C21H17ClFN3O3S. The van der Waals surface area contributed by atoms with E-state index in [1.54, 1.807) is 36.4 Å². The summed E-state index contributed by atoms with van der Waals surface area (Å²) >= 11 is 6.01. The van der Waals surface area contributed by atoms with Crippen molar-refractivity contribution in [3.63, 3.8) is 0 Å². The maximum atomic E-state index is 13.6. The van der Waals surface area contributed by atoms with Crippen LogP contribution in [-0.2, 0) is 14.8 Å². The maximum absolute atomic E-state index is 13.6. The third-order valence-electron chi connectivity index (χ3n) is 4.01. The van der Waals surface area contributed by atoms with Gasteiger partial charge < -0.3 is 0 Å². The minimum absolute atomic E-state index is 0.0210. The number of sulfonamides is 1. The van der Waals surface area contributed by atoms with E-state index >= 15 is 0 Å². The van der Waals surface area contributed by atoms with Crippen LogP contribution in [0.3, 0.4) is 0 Å². The molecule has 0 aromatic heterocycles. The van der Waals surface area contributed by atoms with Crippen LogP contribution in [0.1, 0.15) is 5.56 Å². The fourth-order valence-corrected chi connectivity index (χ4v) is 4.20. The van der Waals surface area contributed by atoms with Gasteiger partial charge in [-0.1, -0.05) is 54.1 Å². The van der Waals surface area contributed by atoms with E-state index in [4.69, 9.17) is 11.6 Å². The molecule has 0 atom stereocenters. The van der Waals surface area contributed by atoms with Gasteiger partial charge in [0.1, 0.15) is 12.4 Å². The van der Waals surface area contributed by atoms with E-state index in [-0.39, 0.29) is 16.1 Å². The fraction of sp³-hybridized carbons (Fsp3) is 0.0476. The zero-order valence-electron chi connectivity index (χ0n) is 15.6. The first-order valence-corrected chi connectivity index (χ1v) is 10.6. The summed E-state index contributed by atoms with van der Waals surface area (Å²) in [6.45, 7) is -0.549. The molecule has 0 saturated heterocycles. The molecule has 1 N–H and O–H groups in total. The molecule has 6 nitrogen and oxygen atoms in total. The Kier molecular flexibility index (Phi) is 6.81. The molecule has 0 aliphatic carbocycles. The van der Waals surface area contributed by atoms with Crippen LogP contribution in [0.25, 0.3) is 0 Å². The van der Waals surface area contributed by atoms with Crippen molar-refractivity contribution in [1.29, 1.82) is 0 Å². The number of benzene rings is 3. The molecule has 0 aliphatic rings. The number of amides is 1. The predicted octanol–water partition coefficient (Wildman–Crippen LogP) is 3.82. The molecule has 154 valence electrons. The molecule has 0 aliphatic heterocycles. The molecule has 1 amide bonds. The number of hydrogen-bond acceptors (Lipinski definition) is 4. The number of nitrogens with one attached hydrogen (secondary N) is 1. The Morgan fingerprint density at radius 2 is 1.73 bits per heavy atom. The topological polar surface area (TPSA) is 78.8 Å². The van der Waals surface area contributed by atoms with E-state index < -0.39 is 28.3 Å². The minimum atomic E-state index is -4.05. The van der Waals surface area contributed by atoms with E-state index in [2.05, 4.69) is 10.5 Å². The van der Waals surface area contributed by atoms with Gasteiger partial charge in [0.05, 0.1) is 16.8 Å². The Labute approximate surface area is 178 Å². The molecular weight excluding hydrogens is 429 g/mol. The van der Waals surface area contributed by atoms with Gasteiger partial charge in [0, 0.05) is 10.6 Å². The third-order valence-corrected chi connectivity index (χ3v) is 6.04. The lowest BCUT2D eigenvalue weighted by atomic mass is 10.2. The average molecular weight is 446 g/mol. The van der Waals surface area contributed by atoms with Gasteiger partial charge in [0.15, 0.2) is 0 Å². The minimum Gasteiger partial charge on any atom is -0.271 e. The number of carbonyl (C=O) groups is 1. The van der Waals surface area contributed by atoms with Crippen LogP contribution in [0.15, 0.2) is 88.9 Å². The van der Waals surface area contributed by atoms with E-state index in [0.717, 1.165) is 10.5 Å². The van der Waals surface area contributed by atoms with E-state index in [9.17, 15) is 17.6 Å². The molecule has 3 aromatic rings. The first-order valence-electron chi connectivity index (χ1n) is 8.78. The molecule has 0 heterocycles. The Morgan fingerprint density at radius 3 is 2.43 bits per heavy atom. The van der Waals surface area contributed by atoms with Crippen molar-refractivity contribution in [3.8, 4) is 0 Å². The second-order valence-corrected chi connectivity index (χ2v) is 8.42. The monoisotopic (exact) mass is 445 g/mol. The highest BCUT2D eigenvalue weighted by Crippen LogP contribution is 2.25. The van der Waals surface area contributed by atoms with Crippen molar-refractivity contribution >= 4 is 39.4 Å². The van der Waals surface area contributed by atoms with E-state index in [0.29, 0.717) is 5.02 Å². The van der Waals surface area contributed by atoms with Gasteiger partial charge in [0.25, 0.3) is 15.9 Å². The van der Waals surface area contributed by atoms with Crippen molar-refractivity contribution in [2.75, 3.05) is 10.8 Å². The van der Waals surface area contributed by atoms with Crippen LogP contribution < -0.4 is 9.73 Å². The molecule has 0 bridgehead atoms. The van der Waals surface area contributed by atoms with E-state index in [1.807, 2.05) is 0 Å². The van der Waals surface area contributed by atoms with Crippen molar-refractivity contribution in [2.24, 2.45) is 5.10 Å². The summed E-state index contributed by atoms with van der Waals surface area (Å²) in [6, 6.07) is 19.8. The number of anilines is 1. The largest absolute Gasteiger partial charge is 0.271 e. The van der Waals surface area contributed by atoms with Gasteiger partial charge in [0.2, 0.25) is 0 Å². The van der Waals surface area contributed by atoms with Crippen LogP contribution >= 0.6 is 11.6 Å². The van der Waals surface area contributed by atoms with Crippen LogP contribution in [0.2, 0.25) is 5.02 Å². The van der Waals surface area contributed by atoms with Crippen molar-refractivity contribution in [1.82, 2.24) is 5.43 Å². The molecule has 3 aromatic carbocycles. The fourth-order valence-electron chi connectivity index (χ4n) is 2.59. The zero-order chi connectivity index (χ0) is 21.6. The van der Waals surface area contributed by atoms with Crippen LogP contribution in [-0.4, -0.2) is 27.1 Å². The van der Waals surface area contributed by atoms with Gasteiger partial charge in [-0.05, 0) is 36.4 Å². The first-order chi connectivity index (χ1) is 14.4. The summed E-state index contributed by atoms with van der Waals surface area (Å²) in [4.78, 5) is 12.4. The van der Waals surface area contributed by atoms with Crippen molar-refractivity contribution in [2.45, 2.75) is 4.90 Å². The summed E-state index contributed by atoms with van der Waals surface area (Å²) in [6.07, 6.45) is 1.14. The molecule has 0 spiro atoms. The number of halogens is 2. The summed E-state index contributed by atoms with van der Waals surface area (Å²) in [5, 5.41) is 4.03. The molecule has 0 radical (unpaired) electrons. The lowest BCUT2D eigenvalue weighted by molar-refractivity contribution is -0.119. The Balaban J connectivity index is 1.84. The Bertz CT molecular complexity index is 1170. The van der Waals surface area contributed by atoms with Crippen LogP contribution in [0.4, 0.5) is 10.1 Å². The molecule has 0 unspecified atom stereocenters. The molecule has 30 heavy (non-hydrogen) atoms. The standard InChI is InChI=1S/C21H17ClFN3O3S/c22-17-8-6-9-18(13-17)26(30(28,29)19-10-2-1-3-11-19)15-21(27)25-24-14-16-7-4-5-12-20(16)23/h1-14H,15H2,(H,25,27)/b24-14-. The number of nitrogens with zero attached hydrogens (tertiary/aromatic N) is 2. The van der Waals surface area contributed by atoms with Crippen molar-refractivity contribution < 1.29 is 17.6 Å². The second kappa shape index (κ2) is 9.51. The highest BCUT2D eigenvalue weighted by molar-refractivity contribution is 7.92. The van der Waals surface area contributed by atoms with Crippen molar-refractivity contribution in [3.05, 3.63) is 95.3 Å². The van der Waals surface area contributed by atoms with Gasteiger partial charge >= 0.3 is 0 Å². The normalized spacial score (nSPS) is 11.4. The molecule has 9 heteroatoms. The summed E-state index contributed by atoms with van der Waals surface area (Å²) in [5.74, 6) is -1.20. The highest BCUT2D eigenvalue weighted by atomic mass is 35.5. The molecule has 3 rings (SSSR count). The smallest absolute Gasteiger partial charge is 0.264 e. The number of hydrogen-bond donors (Lipinski definition) is 1. The van der Waals surface area contributed by atoms with Gasteiger partial charge in [-0.15, -0.1) is 0 Å². The van der Waals surface area contributed by atoms with Crippen LogP contribution in [0.5, 0.6) is 0 Å². The number of carbonyl (C=O) groups excluding carboxylic acids is 1. The lowest BCUT2D eigenvalue weighted by Gasteiger charge is -2.23. The quantitative estimate of drug-likeness (QED) is 0.443. The predicted molar refractivity (Wildman–Crippen MR) is 115 cm³/mol. The number of rotatable bonds is 7. The summed E-state index contributed by atoms with van der Waals surface area (Å²) in [5.41, 5.74) is 2.63. The highest BCUT2D eigenvalue weighted by Gasteiger charge is 2.27. The molecule has 0 saturated carbocycles. The van der Waals surface area contributed by atoms with Gasteiger partial charge in [-0.25, -0.2) is 18.2 Å². The first kappa shape index (κ1) is 21.5. The van der Waals surface area contributed by atoms with Crippen LogP contribution in [0, 0.1) is 5.82 Å². The third kappa shape index (κ3) is 5.22. The lowest BCUT2D eigenvalue weighted by Crippen LogP contribution is -2.39. The van der Waals surface area contributed by atoms with Gasteiger partial charge in [-0.3, -0.25) is 9.10 Å². The second-order valence-electron chi connectivity index (χ2n) is 6.12. The zero-order valence-corrected chi connectivity index (χ0v) is 17.1. The average Bonchev–Trinajstić information content (AvgIpc) is 2.74. The molecule has 0 fully saturated rings. The Hall–Kier alpha value is -3.23. The SMILES string of the molecule is O=C(CN(c1cccc(Cl)c1)S(=O)(=O)c1ccccc1)N/N=C\c1ccccc1F. The Morgan fingerprint density at radius 1 is 1.03 bits per heavy atom.